The molecule has 0 aliphatic carbocycles. The number of unbranched alkanes of at least 4 members (excludes halogenated alkanes) is 1. The molecule has 126 valence electrons. The van der Waals surface area contributed by atoms with Crippen LogP contribution in [0.25, 0.3) is 0 Å². The van der Waals surface area contributed by atoms with E-state index in [4.69, 9.17) is 0 Å². The second-order valence-electron chi connectivity index (χ2n) is 5.32. The van der Waals surface area contributed by atoms with Gasteiger partial charge in [0.25, 0.3) is 0 Å². The van der Waals surface area contributed by atoms with Crippen molar-refractivity contribution in [2.24, 2.45) is 0 Å². The summed E-state index contributed by atoms with van der Waals surface area (Å²) in [5, 5.41) is 24.3. The van der Waals surface area contributed by atoms with E-state index in [1.165, 1.54) is 16.9 Å². The van der Waals surface area contributed by atoms with E-state index in [2.05, 4.69) is 57.0 Å². The largest absolute Gasteiger partial charge is 0.330 e. The van der Waals surface area contributed by atoms with E-state index >= 15 is 0 Å². The molecule has 7 nitrogen and oxygen atoms in total. The van der Waals surface area contributed by atoms with Gasteiger partial charge in [-0.25, -0.2) is 4.68 Å². The molecule has 0 saturated carbocycles. The van der Waals surface area contributed by atoms with E-state index in [-0.39, 0.29) is 0 Å². The highest BCUT2D eigenvalue weighted by Crippen LogP contribution is 2.29. The lowest BCUT2D eigenvalue weighted by Crippen LogP contribution is -2.04. The van der Waals surface area contributed by atoms with Crippen molar-refractivity contribution in [2.75, 3.05) is 5.32 Å². The summed E-state index contributed by atoms with van der Waals surface area (Å²) in [6.45, 7) is 5.08. The molecule has 0 spiro atoms. The van der Waals surface area contributed by atoms with Gasteiger partial charge in [0.2, 0.25) is 5.13 Å². The predicted octanol–water partition coefficient (Wildman–Crippen LogP) is 3.67. The molecule has 0 aliphatic heterocycles. The van der Waals surface area contributed by atoms with Gasteiger partial charge in [-0.1, -0.05) is 54.1 Å². The summed E-state index contributed by atoms with van der Waals surface area (Å²) >= 11 is 3.13. The molecular weight excluding hydrogens is 342 g/mol. The number of aromatic nitrogens is 6. The summed E-state index contributed by atoms with van der Waals surface area (Å²) < 4.78 is 2.76. The number of tetrazole rings is 1. The van der Waals surface area contributed by atoms with Crippen LogP contribution < -0.4 is 5.32 Å². The number of thioether (sulfide) groups is 1. The van der Waals surface area contributed by atoms with Crippen LogP contribution in [0.15, 0.2) is 28.6 Å². The molecule has 2 aromatic heterocycles. The molecule has 1 aromatic carbocycles. The number of hydrogen-bond donors (Lipinski definition) is 1. The maximum absolute atomic E-state index is 4.21. The van der Waals surface area contributed by atoms with Gasteiger partial charge in [0.1, 0.15) is 0 Å². The van der Waals surface area contributed by atoms with Crippen LogP contribution in [0.1, 0.15) is 31.2 Å². The van der Waals surface area contributed by atoms with Gasteiger partial charge in [-0.15, -0.1) is 15.3 Å². The van der Waals surface area contributed by atoms with Crippen LogP contribution in [0, 0.1) is 6.92 Å². The van der Waals surface area contributed by atoms with Gasteiger partial charge in [-0.05, 0) is 35.9 Å². The van der Waals surface area contributed by atoms with Crippen molar-refractivity contribution in [3.05, 3.63) is 35.7 Å². The Kier molecular flexibility index (Phi) is 5.76. The zero-order valence-electron chi connectivity index (χ0n) is 13.6. The van der Waals surface area contributed by atoms with Crippen molar-refractivity contribution in [2.45, 2.75) is 43.3 Å². The molecule has 9 heteroatoms. The van der Waals surface area contributed by atoms with E-state index in [0.29, 0.717) is 5.75 Å². The highest BCUT2D eigenvalue weighted by atomic mass is 32.2. The average Bonchev–Trinajstić information content (AvgIpc) is 3.22. The second-order valence-corrected chi connectivity index (χ2v) is 7.52. The molecule has 24 heavy (non-hydrogen) atoms. The molecule has 0 unspecified atom stereocenters. The van der Waals surface area contributed by atoms with Crippen molar-refractivity contribution in [3.8, 4) is 0 Å². The van der Waals surface area contributed by atoms with Crippen LogP contribution in [-0.4, -0.2) is 30.4 Å². The Labute approximate surface area is 148 Å². The first-order valence-corrected chi connectivity index (χ1v) is 9.60. The summed E-state index contributed by atoms with van der Waals surface area (Å²) in [5.74, 6) is 1.56. The number of aryl methyl sites for hydroxylation is 2. The van der Waals surface area contributed by atoms with Crippen LogP contribution in [0.4, 0.5) is 10.8 Å². The number of benzene rings is 1. The molecule has 0 bridgehead atoms. The lowest BCUT2D eigenvalue weighted by Gasteiger charge is -2.02. The Morgan fingerprint density at radius 1 is 1.17 bits per heavy atom. The molecule has 0 amide bonds. The summed E-state index contributed by atoms with van der Waals surface area (Å²) in [7, 11) is 0. The Morgan fingerprint density at radius 2 is 2.00 bits per heavy atom. The summed E-state index contributed by atoms with van der Waals surface area (Å²) in [4.78, 5) is 0. The highest BCUT2D eigenvalue weighted by Gasteiger charge is 2.10. The van der Waals surface area contributed by atoms with Crippen molar-refractivity contribution in [1.29, 1.82) is 0 Å². The summed E-state index contributed by atoms with van der Waals surface area (Å²) in [6.07, 6.45) is 2.20. The smallest absolute Gasteiger partial charge is 0.210 e. The highest BCUT2D eigenvalue weighted by molar-refractivity contribution is 8.00. The fourth-order valence-electron chi connectivity index (χ4n) is 2.01. The number of hydrogen-bond acceptors (Lipinski definition) is 8. The molecule has 3 rings (SSSR count). The molecule has 0 atom stereocenters. The standard InChI is InChI=1S/C15H19N7S2/c1-3-4-9-22-13(17-20-21-22)10-23-15-19-18-14(24-15)16-12-7-5-11(2)6-8-12/h5-8H,3-4,9-10H2,1-2H3,(H,16,18). The molecule has 3 aromatic rings. The molecule has 1 N–H and O–H groups in total. The van der Waals surface area contributed by atoms with Gasteiger partial charge in [0.05, 0.1) is 5.75 Å². The second kappa shape index (κ2) is 8.20. The van der Waals surface area contributed by atoms with Crippen LogP contribution in [0.2, 0.25) is 0 Å². The van der Waals surface area contributed by atoms with Crippen LogP contribution >= 0.6 is 23.1 Å². The Bertz CT molecular complexity index is 766. The van der Waals surface area contributed by atoms with E-state index < -0.39 is 0 Å². The number of rotatable bonds is 8. The Hall–Kier alpha value is -2.00. The number of nitrogens with zero attached hydrogens (tertiary/aromatic N) is 6. The topological polar surface area (TPSA) is 81.4 Å². The number of nitrogens with one attached hydrogen (secondary N) is 1. The lowest BCUT2D eigenvalue weighted by atomic mass is 10.2. The summed E-state index contributed by atoms with van der Waals surface area (Å²) in [6, 6.07) is 8.20. The fourth-order valence-corrected chi connectivity index (χ4v) is 3.72. The maximum atomic E-state index is 4.21. The first kappa shape index (κ1) is 16.8. The van der Waals surface area contributed by atoms with E-state index in [1.807, 2.05) is 16.8 Å². The van der Waals surface area contributed by atoms with Gasteiger partial charge >= 0.3 is 0 Å². The van der Waals surface area contributed by atoms with Crippen molar-refractivity contribution in [3.63, 3.8) is 0 Å². The third kappa shape index (κ3) is 4.51. The maximum Gasteiger partial charge on any atom is 0.210 e. The normalized spacial score (nSPS) is 10.9. The first-order valence-electron chi connectivity index (χ1n) is 7.79. The van der Waals surface area contributed by atoms with Crippen molar-refractivity contribution in [1.82, 2.24) is 30.4 Å². The van der Waals surface area contributed by atoms with Crippen LogP contribution in [0.5, 0.6) is 0 Å². The van der Waals surface area contributed by atoms with Gasteiger partial charge < -0.3 is 5.32 Å². The monoisotopic (exact) mass is 361 g/mol. The Balaban J connectivity index is 1.56. The zero-order valence-corrected chi connectivity index (χ0v) is 15.3. The predicted molar refractivity (Wildman–Crippen MR) is 96.7 cm³/mol. The molecular formula is C15H19N7S2. The first-order chi connectivity index (χ1) is 11.7. The SMILES string of the molecule is CCCCn1nnnc1CSc1nnc(Nc2ccc(C)cc2)s1. The lowest BCUT2D eigenvalue weighted by molar-refractivity contribution is 0.540. The molecule has 0 saturated heterocycles. The molecule has 0 fully saturated rings. The van der Waals surface area contributed by atoms with E-state index in [1.54, 1.807) is 11.8 Å². The molecule has 2 heterocycles. The summed E-state index contributed by atoms with van der Waals surface area (Å²) in [5.41, 5.74) is 2.24. The van der Waals surface area contributed by atoms with E-state index in [0.717, 1.165) is 40.4 Å². The van der Waals surface area contributed by atoms with Crippen LogP contribution in [-0.2, 0) is 12.3 Å². The third-order valence-corrected chi connectivity index (χ3v) is 5.33. The average molecular weight is 362 g/mol. The Morgan fingerprint density at radius 3 is 2.79 bits per heavy atom. The zero-order chi connectivity index (χ0) is 16.8. The quantitative estimate of drug-likeness (QED) is 0.613. The van der Waals surface area contributed by atoms with Crippen molar-refractivity contribution >= 4 is 33.9 Å². The molecule has 0 radical (unpaired) electrons. The van der Waals surface area contributed by atoms with Gasteiger partial charge in [0, 0.05) is 12.2 Å². The molecule has 0 aliphatic rings. The van der Waals surface area contributed by atoms with Crippen molar-refractivity contribution < 1.29 is 0 Å². The van der Waals surface area contributed by atoms with Gasteiger partial charge in [0.15, 0.2) is 10.2 Å². The fraction of sp³-hybridized carbons (Fsp3) is 0.400. The van der Waals surface area contributed by atoms with Crippen LogP contribution in [0.3, 0.4) is 0 Å². The minimum atomic E-state index is 0.690. The third-order valence-electron chi connectivity index (χ3n) is 3.36. The number of anilines is 2. The minimum absolute atomic E-state index is 0.690. The van der Waals surface area contributed by atoms with Gasteiger partial charge in [-0.2, -0.15) is 0 Å². The van der Waals surface area contributed by atoms with Gasteiger partial charge in [-0.3, -0.25) is 0 Å². The van der Waals surface area contributed by atoms with E-state index in [9.17, 15) is 0 Å². The minimum Gasteiger partial charge on any atom is -0.330 e.